The highest BCUT2D eigenvalue weighted by Crippen LogP contribution is 2.17. The third-order valence-electron chi connectivity index (χ3n) is 3.07. The number of primary sulfonamides is 1. The number of nitrogens with two attached hydrogens (primary N) is 1. The molecule has 0 saturated carbocycles. The number of hydrogen-bond donors (Lipinski definition) is 1. The van der Waals surface area contributed by atoms with E-state index >= 15 is 0 Å². The van der Waals surface area contributed by atoms with Crippen LogP contribution in [0.25, 0.3) is 0 Å². The summed E-state index contributed by atoms with van der Waals surface area (Å²) in [5.74, 6) is 0.921. The summed E-state index contributed by atoms with van der Waals surface area (Å²) in [6, 6.07) is 0. The lowest BCUT2D eigenvalue weighted by atomic mass is 10.3. The highest BCUT2D eigenvalue weighted by Gasteiger charge is 2.20. The minimum absolute atomic E-state index is 0.118. The number of imidazole rings is 1. The molecule has 0 aliphatic heterocycles. The average molecular weight is 283 g/mol. The summed E-state index contributed by atoms with van der Waals surface area (Å²) in [7, 11) is -1.81. The second-order valence-electron chi connectivity index (χ2n) is 4.47. The van der Waals surface area contributed by atoms with Gasteiger partial charge in [-0.1, -0.05) is 0 Å². The van der Waals surface area contributed by atoms with Crippen molar-refractivity contribution in [3.05, 3.63) is 29.6 Å². The van der Waals surface area contributed by atoms with Gasteiger partial charge in [0.15, 0.2) is 0 Å². The molecular formula is C11H17N5O2S. The summed E-state index contributed by atoms with van der Waals surface area (Å²) >= 11 is 0. The van der Waals surface area contributed by atoms with Crippen LogP contribution in [0.1, 0.15) is 17.2 Å². The molecule has 0 atom stereocenters. The molecule has 104 valence electrons. The van der Waals surface area contributed by atoms with E-state index in [2.05, 4.69) is 10.1 Å². The fraction of sp³-hybridized carbons (Fsp3) is 0.455. The lowest BCUT2D eigenvalue weighted by Gasteiger charge is -2.05. The summed E-state index contributed by atoms with van der Waals surface area (Å²) in [6.07, 6.45) is 4.27. The molecule has 19 heavy (non-hydrogen) atoms. The third-order valence-corrected chi connectivity index (χ3v) is 4.23. The van der Waals surface area contributed by atoms with Gasteiger partial charge in [-0.15, -0.1) is 0 Å². The fourth-order valence-corrected chi connectivity index (χ4v) is 3.12. The topological polar surface area (TPSA) is 95.8 Å². The molecule has 0 bridgehead atoms. The van der Waals surface area contributed by atoms with Crippen molar-refractivity contribution in [2.45, 2.75) is 31.7 Å². The minimum Gasteiger partial charge on any atom is -0.338 e. The number of nitrogens with zero attached hydrogens (tertiary/aromatic N) is 4. The second-order valence-corrected chi connectivity index (χ2v) is 5.97. The monoisotopic (exact) mass is 283 g/mol. The molecule has 0 radical (unpaired) electrons. The molecule has 2 rings (SSSR count). The number of sulfonamides is 1. The molecule has 0 aromatic carbocycles. The Balaban J connectivity index is 2.26. The second kappa shape index (κ2) is 4.78. The largest absolute Gasteiger partial charge is 0.338 e. The number of aromatic nitrogens is 4. The maximum Gasteiger partial charge on any atom is 0.241 e. The van der Waals surface area contributed by atoms with Gasteiger partial charge >= 0.3 is 0 Å². The summed E-state index contributed by atoms with van der Waals surface area (Å²) in [6.45, 7) is 3.91. The van der Waals surface area contributed by atoms with Crippen LogP contribution in [-0.2, 0) is 30.0 Å². The highest BCUT2D eigenvalue weighted by molar-refractivity contribution is 7.89. The van der Waals surface area contributed by atoms with Crippen LogP contribution < -0.4 is 5.14 Å². The van der Waals surface area contributed by atoms with Crippen LogP contribution in [-0.4, -0.2) is 27.7 Å². The molecule has 2 aromatic heterocycles. The van der Waals surface area contributed by atoms with Crippen LogP contribution in [0.5, 0.6) is 0 Å². The van der Waals surface area contributed by atoms with Crippen molar-refractivity contribution in [3.63, 3.8) is 0 Å². The zero-order chi connectivity index (χ0) is 14.2. The van der Waals surface area contributed by atoms with Gasteiger partial charge in [0.05, 0.1) is 11.4 Å². The zero-order valence-electron chi connectivity index (χ0n) is 11.2. The molecule has 0 aliphatic carbocycles. The van der Waals surface area contributed by atoms with Crippen LogP contribution in [0.4, 0.5) is 0 Å². The number of hydrogen-bond acceptors (Lipinski definition) is 4. The zero-order valence-corrected chi connectivity index (χ0v) is 12.0. The van der Waals surface area contributed by atoms with Crippen molar-refractivity contribution < 1.29 is 8.42 Å². The van der Waals surface area contributed by atoms with Crippen LogP contribution in [0.3, 0.4) is 0 Å². The average Bonchev–Trinajstić information content (AvgIpc) is 2.79. The smallest absolute Gasteiger partial charge is 0.241 e. The van der Waals surface area contributed by atoms with E-state index in [4.69, 9.17) is 5.14 Å². The van der Waals surface area contributed by atoms with E-state index in [9.17, 15) is 8.42 Å². The third kappa shape index (κ3) is 2.69. The lowest BCUT2D eigenvalue weighted by Crippen LogP contribution is -2.15. The molecule has 2 aromatic rings. The SMILES string of the molecule is Cc1nn(CCc2nccn2C)c(C)c1S(N)(=O)=O. The van der Waals surface area contributed by atoms with Crippen molar-refractivity contribution >= 4 is 10.0 Å². The Morgan fingerprint density at radius 2 is 2.05 bits per heavy atom. The normalized spacial score (nSPS) is 12.0. The van der Waals surface area contributed by atoms with Crippen molar-refractivity contribution in [2.75, 3.05) is 0 Å². The van der Waals surface area contributed by atoms with Gasteiger partial charge in [0.1, 0.15) is 10.7 Å². The Hall–Kier alpha value is -1.67. The van der Waals surface area contributed by atoms with Gasteiger partial charge < -0.3 is 4.57 Å². The molecule has 0 spiro atoms. The Labute approximate surface area is 112 Å². The molecule has 0 amide bonds. The first-order valence-electron chi connectivity index (χ1n) is 5.83. The lowest BCUT2D eigenvalue weighted by molar-refractivity contribution is 0.569. The maximum absolute atomic E-state index is 11.5. The molecule has 0 aliphatic rings. The van der Waals surface area contributed by atoms with Crippen molar-refractivity contribution in [1.29, 1.82) is 0 Å². The molecule has 8 heteroatoms. The fourth-order valence-electron chi connectivity index (χ4n) is 2.15. The van der Waals surface area contributed by atoms with Gasteiger partial charge in [-0.25, -0.2) is 18.5 Å². The standard InChI is InChI=1S/C11H17N5O2S/c1-8-11(19(12,17)18)9(2)16(14-8)6-4-10-13-5-7-15(10)3/h5,7H,4,6H2,1-3H3,(H2,12,17,18). The minimum atomic E-state index is -3.73. The van der Waals surface area contributed by atoms with Crippen molar-refractivity contribution in [1.82, 2.24) is 19.3 Å². The molecular weight excluding hydrogens is 266 g/mol. The Bertz CT molecular complexity index is 699. The molecule has 2 N–H and O–H groups in total. The molecule has 0 unspecified atom stereocenters. The van der Waals surface area contributed by atoms with E-state index in [1.54, 1.807) is 24.7 Å². The van der Waals surface area contributed by atoms with Crippen molar-refractivity contribution in [3.8, 4) is 0 Å². The summed E-state index contributed by atoms with van der Waals surface area (Å²) in [4.78, 5) is 4.34. The predicted octanol–water partition coefficient (Wildman–Crippen LogP) is 0.124. The van der Waals surface area contributed by atoms with E-state index in [0.29, 0.717) is 24.4 Å². The number of rotatable bonds is 4. The van der Waals surface area contributed by atoms with E-state index < -0.39 is 10.0 Å². The molecule has 2 heterocycles. The predicted molar refractivity (Wildman–Crippen MR) is 70.0 cm³/mol. The van der Waals surface area contributed by atoms with Gasteiger partial charge in [0.25, 0.3) is 0 Å². The first-order valence-corrected chi connectivity index (χ1v) is 7.38. The first kappa shape index (κ1) is 13.8. The van der Waals surface area contributed by atoms with Crippen LogP contribution in [0, 0.1) is 13.8 Å². The summed E-state index contributed by atoms with van der Waals surface area (Å²) in [5.41, 5.74) is 0.994. The Kier molecular flexibility index (Phi) is 3.46. The van der Waals surface area contributed by atoms with Gasteiger partial charge in [0.2, 0.25) is 10.0 Å². The first-order chi connectivity index (χ1) is 8.80. The summed E-state index contributed by atoms with van der Waals surface area (Å²) in [5, 5.41) is 9.42. The van der Waals surface area contributed by atoms with Gasteiger partial charge in [-0.2, -0.15) is 5.10 Å². The quantitative estimate of drug-likeness (QED) is 0.862. The van der Waals surface area contributed by atoms with Crippen LogP contribution in [0.15, 0.2) is 17.3 Å². The van der Waals surface area contributed by atoms with Crippen molar-refractivity contribution in [2.24, 2.45) is 12.2 Å². The molecule has 0 fully saturated rings. The van der Waals surface area contributed by atoms with Crippen LogP contribution >= 0.6 is 0 Å². The van der Waals surface area contributed by atoms with Crippen LogP contribution in [0.2, 0.25) is 0 Å². The Morgan fingerprint density at radius 1 is 1.37 bits per heavy atom. The van der Waals surface area contributed by atoms with Gasteiger partial charge in [-0.3, -0.25) is 4.68 Å². The molecule has 7 nitrogen and oxygen atoms in total. The maximum atomic E-state index is 11.5. The Morgan fingerprint density at radius 3 is 2.53 bits per heavy atom. The van der Waals surface area contributed by atoms with E-state index in [1.165, 1.54) is 0 Å². The van der Waals surface area contributed by atoms with Gasteiger partial charge in [0, 0.05) is 32.4 Å². The molecule has 0 saturated heterocycles. The van der Waals surface area contributed by atoms with E-state index in [1.807, 2.05) is 17.8 Å². The van der Waals surface area contributed by atoms with E-state index in [0.717, 1.165) is 5.82 Å². The van der Waals surface area contributed by atoms with E-state index in [-0.39, 0.29) is 4.90 Å². The number of aryl methyl sites for hydroxylation is 4. The summed E-state index contributed by atoms with van der Waals surface area (Å²) < 4.78 is 26.5. The highest BCUT2D eigenvalue weighted by atomic mass is 32.2. The van der Waals surface area contributed by atoms with Gasteiger partial charge in [-0.05, 0) is 13.8 Å².